The van der Waals surface area contributed by atoms with Gasteiger partial charge in [0.1, 0.15) is 6.04 Å². The minimum Gasteiger partial charge on any atom is -0.370 e. The predicted octanol–water partition coefficient (Wildman–Crippen LogP) is 3.33. The zero-order valence-corrected chi connectivity index (χ0v) is 22.1. The first-order valence-electron chi connectivity index (χ1n) is 12.3. The van der Waals surface area contributed by atoms with Crippen LogP contribution in [-0.2, 0) is 19.8 Å². The first-order valence-corrected chi connectivity index (χ1v) is 14.5. The molecule has 1 heterocycles. The highest BCUT2D eigenvalue weighted by atomic mass is 35.5. The summed E-state index contributed by atoms with van der Waals surface area (Å²) in [4.78, 5) is 25.1. The van der Waals surface area contributed by atoms with Crippen molar-refractivity contribution < 1.29 is 18.0 Å². The van der Waals surface area contributed by atoms with E-state index in [2.05, 4.69) is 5.32 Å². The fourth-order valence-electron chi connectivity index (χ4n) is 7.45. The van der Waals surface area contributed by atoms with Crippen LogP contribution >= 0.6 is 23.2 Å². The van der Waals surface area contributed by atoms with Gasteiger partial charge in [-0.3, -0.25) is 13.9 Å². The van der Waals surface area contributed by atoms with Crippen LogP contribution in [0.2, 0.25) is 10.0 Å². The lowest BCUT2D eigenvalue weighted by Crippen LogP contribution is -2.63. The molecule has 1 aromatic carbocycles. The zero-order chi connectivity index (χ0) is 25.1. The summed E-state index contributed by atoms with van der Waals surface area (Å²) >= 11 is 12.1. The summed E-state index contributed by atoms with van der Waals surface area (Å²) in [7, 11) is -3.92. The number of benzene rings is 1. The van der Waals surface area contributed by atoms with Gasteiger partial charge in [-0.2, -0.15) is 12.7 Å². The van der Waals surface area contributed by atoms with Gasteiger partial charge in [-0.1, -0.05) is 23.2 Å². The molecular formula is C24H32Cl2N4O4S. The van der Waals surface area contributed by atoms with Crippen molar-refractivity contribution in [2.75, 3.05) is 17.4 Å². The topological polar surface area (TPSA) is 113 Å². The Kier molecular flexibility index (Phi) is 6.52. The van der Waals surface area contributed by atoms with E-state index in [0.717, 1.165) is 32.1 Å². The smallest absolute Gasteiger partial charge is 0.304 e. The molecule has 6 rings (SSSR count). The van der Waals surface area contributed by atoms with Gasteiger partial charge < -0.3 is 11.1 Å². The highest BCUT2D eigenvalue weighted by molar-refractivity contribution is 7.90. The molecule has 3 N–H and O–H groups in total. The third-order valence-corrected chi connectivity index (χ3v) is 11.4. The van der Waals surface area contributed by atoms with Gasteiger partial charge in [0.05, 0.1) is 15.7 Å². The van der Waals surface area contributed by atoms with Crippen molar-refractivity contribution in [3.8, 4) is 0 Å². The van der Waals surface area contributed by atoms with Gasteiger partial charge in [-0.25, -0.2) is 0 Å². The van der Waals surface area contributed by atoms with Crippen molar-refractivity contribution >= 4 is 50.9 Å². The first kappa shape index (κ1) is 25.1. The Morgan fingerprint density at radius 2 is 1.83 bits per heavy atom. The van der Waals surface area contributed by atoms with Crippen LogP contribution in [0.4, 0.5) is 5.69 Å². The lowest BCUT2D eigenvalue weighted by atomic mass is 9.47. The second kappa shape index (κ2) is 9.08. The van der Waals surface area contributed by atoms with Gasteiger partial charge in [-0.15, -0.1) is 0 Å². The van der Waals surface area contributed by atoms with Crippen LogP contribution in [0.1, 0.15) is 51.9 Å². The molecule has 3 atom stereocenters. The molecule has 1 aromatic rings. The van der Waals surface area contributed by atoms with Crippen LogP contribution in [-0.4, -0.2) is 49.7 Å². The Morgan fingerprint density at radius 3 is 2.46 bits per heavy atom. The molecule has 4 aliphatic carbocycles. The third kappa shape index (κ3) is 4.54. The van der Waals surface area contributed by atoms with Crippen LogP contribution in [0.15, 0.2) is 18.2 Å². The molecule has 35 heavy (non-hydrogen) atoms. The molecular weight excluding hydrogens is 511 g/mol. The molecule has 4 bridgehead atoms. The molecule has 0 spiro atoms. The van der Waals surface area contributed by atoms with Gasteiger partial charge in [-0.05, 0) is 86.8 Å². The first-order chi connectivity index (χ1) is 16.5. The molecule has 1 saturated heterocycles. The summed E-state index contributed by atoms with van der Waals surface area (Å²) in [6.07, 6.45) is 5.95. The number of carbonyl (C=O) groups is 2. The maximum atomic E-state index is 13.5. The Morgan fingerprint density at radius 1 is 1.14 bits per heavy atom. The van der Waals surface area contributed by atoms with Gasteiger partial charge in [0.2, 0.25) is 11.8 Å². The van der Waals surface area contributed by atoms with Crippen molar-refractivity contribution in [2.24, 2.45) is 28.9 Å². The van der Waals surface area contributed by atoms with Gasteiger partial charge in [0, 0.05) is 25.6 Å². The third-order valence-electron chi connectivity index (χ3n) is 8.58. The number of anilines is 1. The van der Waals surface area contributed by atoms with E-state index in [9.17, 15) is 18.0 Å². The summed E-state index contributed by atoms with van der Waals surface area (Å²) in [5.74, 6) is 0.679. The zero-order valence-electron chi connectivity index (χ0n) is 19.8. The fraction of sp³-hybridized carbons (Fsp3) is 0.667. The molecule has 3 unspecified atom stereocenters. The van der Waals surface area contributed by atoms with E-state index in [0.29, 0.717) is 47.9 Å². The molecule has 2 amide bonds. The number of primary amides is 1. The van der Waals surface area contributed by atoms with E-state index in [1.54, 1.807) is 19.1 Å². The summed E-state index contributed by atoms with van der Waals surface area (Å²) in [6.45, 7) is 2.23. The molecule has 0 radical (unpaired) electrons. The number of nitrogens with zero attached hydrogens (tertiary/aromatic N) is 2. The van der Waals surface area contributed by atoms with Crippen LogP contribution < -0.4 is 15.4 Å². The highest BCUT2D eigenvalue weighted by Gasteiger charge is 2.56. The Bertz CT molecular complexity index is 1130. The van der Waals surface area contributed by atoms with E-state index in [1.807, 2.05) is 0 Å². The van der Waals surface area contributed by atoms with Gasteiger partial charge >= 0.3 is 10.2 Å². The predicted molar refractivity (Wildman–Crippen MR) is 135 cm³/mol. The van der Waals surface area contributed by atoms with Crippen molar-refractivity contribution in [1.29, 1.82) is 0 Å². The molecule has 8 nitrogen and oxygen atoms in total. The van der Waals surface area contributed by atoms with E-state index < -0.39 is 16.3 Å². The summed E-state index contributed by atoms with van der Waals surface area (Å²) in [5, 5.41) is 3.85. The standard InChI is InChI=1S/C24H32Cl2N4O4S/c1-14(29-5-2-6-30(35(29,33)34)18-3-4-19(25)20(26)9-18)23(32)28-22-16-7-15-8-17(22)12-24(10-15,11-16)13-21(27)31/h3-4,9,14-17,22H,2,5-8,10-13H2,1H3,(H2,27,31)(H,28,32). The summed E-state index contributed by atoms with van der Waals surface area (Å²) in [5.41, 5.74) is 5.96. The number of hydrogen-bond donors (Lipinski definition) is 2. The van der Waals surface area contributed by atoms with Crippen molar-refractivity contribution in [3.05, 3.63) is 28.2 Å². The number of hydrogen-bond acceptors (Lipinski definition) is 4. The second-order valence-electron chi connectivity index (χ2n) is 11.0. The van der Waals surface area contributed by atoms with Crippen molar-refractivity contribution in [1.82, 2.24) is 9.62 Å². The largest absolute Gasteiger partial charge is 0.370 e. The summed E-state index contributed by atoms with van der Waals surface area (Å²) < 4.78 is 29.5. The van der Waals surface area contributed by atoms with E-state index in [4.69, 9.17) is 28.9 Å². The highest BCUT2D eigenvalue weighted by Crippen LogP contribution is 2.61. The summed E-state index contributed by atoms with van der Waals surface area (Å²) in [6, 6.07) is 3.90. The van der Waals surface area contributed by atoms with Gasteiger partial charge in [0.15, 0.2) is 0 Å². The monoisotopic (exact) mass is 542 g/mol. The minimum absolute atomic E-state index is 0.0150. The van der Waals surface area contributed by atoms with E-state index in [1.165, 1.54) is 14.7 Å². The minimum atomic E-state index is -3.92. The number of amides is 2. The Labute approximate surface area is 216 Å². The fourth-order valence-corrected chi connectivity index (χ4v) is 9.59. The van der Waals surface area contributed by atoms with E-state index >= 15 is 0 Å². The SMILES string of the molecule is CC(C(=O)NC1C2CC3CC1CC(CC(N)=O)(C3)C2)N1CCCN(c2ccc(Cl)c(Cl)c2)S1(=O)=O. The van der Waals surface area contributed by atoms with Crippen LogP contribution in [0, 0.1) is 23.2 Å². The normalized spacial score (nSPS) is 34.5. The Hall–Kier alpha value is -1.55. The maximum absolute atomic E-state index is 13.5. The average Bonchev–Trinajstić information content (AvgIpc) is 2.76. The Balaban J connectivity index is 1.30. The van der Waals surface area contributed by atoms with Crippen LogP contribution in [0.25, 0.3) is 0 Å². The molecule has 0 aromatic heterocycles. The molecule has 4 saturated carbocycles. The number of nitrogens with one attached hydrogen (secondary N) is 1. The molecule has 192 valence electrons. The average molecular weight is 544 g/mol. The number of rotatable bonds is 6. The number of halogens is 2. The van der Waals surface area contributed by atoms with Gasteiger partial charge in [0.25, 0.3) is 0 Å². The second-order valence-corrected chi connectivity index (χ2v) is 13.6. The molecule has 1 aliphatic heterocycles. The number of nitrogens with two attached hydrogens (primary N) is 1. The number of carbonyl (C=O) groups excluding carboxylic acids is 2. The van der Waals surface area contributed by atoms with Crippen LogP contribution in [0.3, 0.4) is 0 Å². The molecule has 11 heteroatoms. The quantitative estimate of drug-likeness (QED) is 0.573. The van der Waals surface area contributed by atoms with E-state index in [-0.39, 0.29) is 34.8 Å². The van der Waals surface area contributed by atoms with Crippen LogP contribution in [0.5, 0.6) is 0 Å². The lowest BCUT2D eigenvalue weighted by Gasteiger charge is -2.60. The molecule has 5 fully saturated rings. The maximum Gasteiger partial charge on any atom is 0.304 e. The van der Waals surface area contributed by atoms with Crippen molar-refractivity contribution in [3.63, 3.8) is 0 Å². The lowest BCUT2D eigenvalue weighted by molar-refractivity contribution is -0.136. The van der Waals surface area contributed by atoms with Crippen molar-refractivity contribution in [2.45, 2.75) is 64.0 Å². The molecule has 5 aliphatic rings.